The normalized spacial score (nSPS) is 14.7. The zero-order chi connectivity index (χ0) is 18.5. The predicted molar refractivity (Wildman–Crippen MR) is 100 cm³/mol. The van der Waals surface area contributed by atoms with E-state index in [1.165, 1.54) is 0 Å². The monoisotopic (exact) mass is 346 g/mol. The quantitative estimate of drug-likeness (QED) is 0.536. The van der Waals surface area contributed by atoms with Crippen LogP contribution >= 0.6 is 0 Å². The molecule has 3 aromatic carbocycles. The highest BCUT2D eigenvalue weighted by atomic mass is 16.3. The SMILES string of the molecule is Cc1cc(N)cc2c1NC(=O)C2(c1ccc(O)cc1)c1ccc(O)cc1. The summed E-state index contributed by atoms with van der Waals surface area (Å²) in [5.41, 5.74) is 9.34. The first-order valence-electron chi connectivity index (χ1n) is 8.24. The molecule has 5 heteroatoms. The number of hydrogen-bond acceptors (Lipinski definition) is 4. The molecule has 1 aliphatic heterocycles. The van der Waals surface area contributed by atoms with Crippen LogP contribution in [-0.2, 0) is 10.2 Å². The molecule has 26 heavy (non-hydrogen) atoms. The standard InChI is InChI=1S/C21H18N2O3/c1-12-10-15(22)11-18-19(12)23-20(26)21(18,13-2-6-16(24)7-3-13)14-4-8-17(25)9-5-14/h2-11,24-25H,22H2,1H3,(H,23,26). The van der Waals surface area contributed by atoms with Gasteiger partial charge in [0.25, 0.3) is 0 Å². The molecule has 1 heterocycles. The number of nitrogen functional groups attached to an aromatic ring is 1. The molecule has 1 aliphatic rings. The van der Waals surface area contributed by atoms with E-state index in [1.807, 2.05) is 13.0 Å². The van der Waals surface area contributed by atoms with Crippen LogP contribution in [0.15, 0.2) is 60.7 Å². The van der Waals surface area contributed by atoms with E-state index >= 15 is 0 Å². The van der Waals surface area contributed by atoms with Crippen molar-refractivity contribution in [2.75, 3.05) is 11.1 Å². The van der Waals surface area contributed by atoms with Crippen LogP contribution in [0.2, 0.25) is 0 Å². The van der Waals surface area contributed by atoms with Crippen molar-refractivity contribution in [2.24, 2.45) is 0 Å². The van der Waals surface area contributed by atoms with Crippen LogP contribution in [0.3, 0.4) is 0 Å². The molecule has 0 atom stereocenters. The zero-order valence-electron chi connectivity index (χ0n) is 14.2. The molecule has 0 aromatic heterocycles. The number of phenols is 2. The van der Waals surface area contributed by atoms with Crippen molar-refractivity contribution in [3.8, 4) is 11.5 Å². The first-order chi connectivity index (χ1) is 12.4. The van der Waals surface area contributed by atoms with Gasteiger partial charge < -0.3 is 21.3 Å². The van der Waals surface area contributed by atoms with E-state index in [-0.39, 0.29) is 17.4 Å². The van der Waals surface area contributed by atoms with Gasteiger partial charge in [-0.1, -0.05) is 24.3 Å². The summed E-state index contributed by atoms with van der Waals surface area (Å²) in [6.45, 7) is 1.90. The second-order valence-electron chi connectivity index (χ2n) is 6.56. The van der Waals surface area contributed by atoms with Crippen molar-refractivity contribution in [3.63, 3.8) is 0 Å². The lowest BCUT2D eigenvalue weighted by Gasteiger charge is -2.29. The fourth-order valence-corrected chi connectivity index (χ4v) is 3.77. The Hall–Kier alpha value is -3.47. The van der Waals surface area contributed by atoms with Crippen LogP contribution in [0, 0.1) is 6.92 Å². The largest absolute Gasteiger partial charge is 0.508 e. The predicted octanol–water partition coefficient (Wildman–Crippen LogP) is 3.27. The van der Waals surface area contributed by atoms with E-state index in [9.17, 15) is 15.0 Å². The third-order valence-corrected chi connectivity index (χ3v) is 4.94. The van der Waals surface area contributed by atoms with Crippen molar-refractivity contribution >= 4 is 17.3 Å². The maximum atomic E-state index is 13.3. The summed E-state index contributed by atoms with van der Waals surface area (Å²) in [5, 5.41) is 22.4. The van der Waals surface area contributed by atoms with Crippen molar-refractivity contribution in [2.45, 2.75) is 12.3 Å². The Morgan fingerprint density at radius 3 is 1.88 bits per heavy atom. The molecule has 3 aromatic rings. The zero-order valence-corrected chi connectivity index (χ0v) is 14.2. The maximum Gasteiger partial charge on any atom is 0.244 e. The second kappa shape index (κ2) is 5.52. The number of phenolic OH excluding ortho intramolecular Hbond substituents is 2. The third-order valence-electron chi connectivity index (χ3n) is 4.94. The van der Waals surface area contributed by atoms with E-state index in [4.69, 9.17) is 5.73 Å². The Kier molecular flexibility index (Phi) is 3.40. The summed E-state index contributed by atoms with van der Waals surface area (Å²) < 4.78 is 0. The van der Waals surface area contributed by atoms with E-state index in [2.05, 4.69) is 5.32 Å². The number of fused-ring (bicyclic) bond motifs is 1. The molecule has 0 saturated carbocycles. The van der Waals surface area contributed by atoms with E-state index in [0.717, 1.165) is 16.8 Å². The lowest BCUT2D eigenvalue weighted by molar-refractivity contribution is -0.118. The molecular weight excluding hydrogens is 328 g/mol. The van der Waals surface area contributed by atoms with Crippen molar-refractivity contribution in [1.82, 2.24) is 0 Å². The molecule has 0 saturated heterocycles. The Bertz CT molecular complexity index is 963. The minimum atomic E-state index is -1.11. The van der Waals surface area contributed by atoms with Crippen LogP contribution in [-0.4, -0.2) is 16.1 Å². The Morgan fingerprint density at radius 2 is 1.38 bits per heavy atom. The highest BCUT2D eigenvalue weighted by molar-refractivity contribution is 6.12. The topological polar surface area (TPSA) is 95.6 Å². The molecule has 4 rings (SSSR count). The summed E-state index contributed by atoms with van der Waals surface area (Å²) in [6.07, 6.45) is 0. The molecule has 0 bridgehead atoms. The molecule has 5 nitrogen and oxygen atoms in total. The Morgan fingerprint density at radius 1 is 0.885 bits per heavy atom. The smallest absolute Gasteiger partial charge is 0.244 e. The number of anilines is 2. The molecule has 1 amide bonds. The first-order valence-corrected chi connectivity index (χ1v) is 8.24. The number of nitrogens with one attached hydrogen (secondary N) is 1. The number of hydrogen-bond donors (Lipinski definition) is 4. The third kappa shape index (κ3) is 2.14. The molecule has 0 spiro atoms. The summed E-state index contributed by atoms with van der Waals surface area (Å²) in [4.78, 5) is 13.3. The van der Waals surface area contributed by atoms with Gasteiger partial charge >= 0.3 is 0 Å². The molecule has 0 radical (unpaired) electrons. The van der Waals surface area contributed by atoms with E-state index in [0.29, 0.717) is 16.8 Å². The van der Waals surface area contributed by atoms with Gasteiger partial charge in [0.1, 0.15) is 16.9 Å². The molecule has 0 aliphatic carbocycles. The minimum Gasteiger partial charge on any atom is -0.508 e. The van der Waals surface area contributed by atoms with Gasteiger partial charge in [-0.25, -0.2) is 0 Å². The van der Waals surface area contributed by atoms with E-state index in [1.54, 1.807) is 54.6 Å². The summed E-state index contributed by atoms with van der Waals surface area (Å²) >= 11 is 0. The van der Waals surface area contributed by atoms with Gasteiger partial charge in [-0.3, -0.25) is 4.79 Å². The van der Waals surface area contributed by atoms with Crippen LogP contribution in [0.1, 0.15) is 22.3 Å². The lowest BCUT2D eigenvalue weighted by Crippen LogP contribution is -2.37. The van der Waals surface area contributed by atoms with Gasteiger partial charge in [0, 0.05) is 16.9 Å². The first kappa shape index (κ1) is 16.0. The second-order valence-corrected chi connectivity index (χ2v) is 6.56. The fourth-order valence-electron chi connectivity index (χ4n) is 3.77. The molecule has 5 N–H and O–H groups in total. The average molecular weight is 346 g/mol. The van der Waals surface area contributed by atoms with Gasteiger partial charge in [-0.15, -0.1) is 0 Å². The lowest BCUT2D eigenvalue weighted by atomic mass is 9.70. The molecule has 130 valence electrons. The highest BCUT2D eigenvalue weighted by Gasteiger charge is 2.50. The van der Waals surface area contributed by atoms with Crippen molar-refractivity contribution in [1.29, 1.82) is 0 Å². The average Bonchev–Trinajstić information content (AvgIpc) is 2.90. The van der Waals surface area contributed by atoms with Gasteiger partial charge in [0.05, 0.1) is 0 Å². The van der Waals surface area contributed by atoms with Crippen LogP contribution in [0.25, 0.3) is 0 Å². The minimum absolute atomic E-state index is 0.122. The van der Waals surface area contributed by atoms with Crippen LogP contribution in [0.5, 0.6) is 11.5 Å². The van der Waals surface area contributed by atoms with Crippen LogP contribution < -0.4 is 11.1 Å². The van der Waals surface area contributed by atoms with E-state index < -0.39 is 5.41 Å². The van der Waals surface area contributed by atoms with Crippen molar-refractivity contribution in [3.05, 3.63) is 82.9 Å². The summed E-state index contributed by atoms with van der Waals surface area (Å²) in [7, 11) is 0. The number of benzene rings is 3. The highest BCUT2D eigenvalue weighted by Crippen LogP contribution is 2.49. The van der Waals surface area contributed by atoms with Crippen molar-refractivity contribution < 1.29 is 15.0 Å². The Labute approximate surface area is 150 Å². The maximum absolute atomic E-state index is 13.3. The number of aryl methyl sites for hydroxylation is 1. The number of nitrogens with two attached hydrogens (primary N) is 1. The number of rotatable bonds is 2. The fraction of sp³-hybridized carbons (Fsp3) is 0.0952. The van der Waals surface area contributed by atoms with Gasteiger partial charge in [0.2, 0.25) is 5.91 Å². The van der Waals surface area contributed by atoms with Gasteiger partial charge in [-0.05, 0) is 60.0 Å². The van der Waals surface area contributed by atoms with Crippen LogP contribution in [0.4, 0.5) is 11.4 Å². The molecule has 0 unspecified atom stereocenters. The number of aromatic hydroxyl groups is 2. The number of carbonyl (C=O) groups excluding carboxylic acids is 1. The van der Waals surface area contributed by atoms with Gasteiger partial charge in [-0.2, -0.15) is 0 Å². The summed E-state index contributed by atoms with van der Waals surface area (Å²) in [6, 6.07) is 16.8. The molecule has 0 fully saturated rings. The summed E-state index contributed by atoms with van der Waals surface area (Å²) in [5.74, 6) is 0.0477. The Balaban J connectivity index is 2.10. The number of amides is 1. The number of carbonyl (C=O) groups is 1. The van der Waals surface area contributed by atoms with Gasteiger partial charge in [0.15, 0.2) is 0 Å². The molecular formula is C21H18N2O3.